The van der Waals surface area contributed by atoms with Crippen LogP contribution in [0.25, 0.3) is 5.69 Å². The van der Waals surface area contributed by atoms with E-state index in [2.05, 4.69) is 10.4 Å². The third-order valence-corrected chi connectivity index (χ3v) is 3.82. The molecule has 1 amide bonds. The molecule has 0 aliphatic carbocycles. The average Bonchev–Trinajstić information content (AvgIpc) is 2.88. The maximum Gasteiger partial charge on any atom is 0.416 e. The molecule has 1 aromatic heterocycles. The summed E-state index contributed by atoms with van der Waals surface area (Å²) in [6, 6.07) is 4.72. The number of carbonyl (C=O) groups excluding carboxylic acids is 1. The van der Waals surface area contributed by atoms with E-state index in [1.807, 2.05) is 6.92 Å². The monoisotopic (exact) mass is 339 g/mol. The summed E-state index contributed by atoms with van der Waals surface area (Å²) in [6.45, 7) is 7.17. The Morgan fingerprint density at radius 3 is 2.50 bits per heavy atom. The van der Waals surface area contributed by atoms with E-state index >= 15 is 0 Å². The number of amides is 1. The van der Waals surface area contributed by atoms with Gasteiger partial charge in [-0.1, -0.05) is 19.9 Å². The van der Waals surface area contributed by atoms with Crippen LogP contribution in [0.1, 0.15) is 43.6 Å². The van der Waals surface area contributed by atoms with Gasteiger partial charge in [0.2, 0.25) is 5.91 Å². The zero-order valence-electron chi connectivity index (χ0n) is 14.0. The van der Waals surface area contributed by atoms with Crippen LogP contribution in [-0.4, -0.2) is 15.7 Å². The van der Waals surface area contributed by atoms with E-state index in [4.69, 9.17) is 0 Å². The summed E-state index contributed by atoms with van der Waals surface area (Å²) in [5, 5.41) is 7.04. The Morgan fingerprint density at radius 1 is 1.25 bits per heavy atom. The smallest absolute Gasteiger partial charge is 0.349 e. The number of hydrogen-bond acceptors (Lipinski definition) is 2. The molecular formula is C17H20F3N3O. The first-order chi connectivity index (χ1) is 11.1. The van der Waals surface area contributed by atoms with Crippen molar-refractivity contribution in [3.8, 4) is 5.69 Å². The van der Waals surface area contributed by atoms with Crippen LogP contribution in [0.5, 0.6) is 0 Å². The molecule has 0 fully saturated rings. The van der Waals surface area contributed by atoms with Gasteiger partial charge in [-0.2, -0.15) is 18.3 Å². The number of nitrogens with one attached hydrogen (secondary N) is 1. The van der Waals surface area contributed by atoms with Gasteiger partial charge < -0.3 is 5.32 Å². The van der Waals surface area contributed by atoms with Crippen molar-refractivity contribution in [3.05, 3.63) is 47.3 Å². The van der Waals surface area contributed by atoms with Gasteiger partial charge in [-0.05, 0) is 32.0 Å². The largest absolute Gasteiger partial charge is 0.416 e. The van der Waals surface area contributed by atoms with Crippen molar-refractivity contribution in [2.45, 2.75) is 39.9 Å². The minimum atomic E-state index is -4.40. The van der Waals surface area contributed by atoms with Crippen LogP contribution >= 0.6 is 0 Å². The van der Waals surface area contributed by atoms with Crippen LogP contribution < -0.4 is 5.32 Å². The lowest BCUT2D eigenvalue weighted by molar-refractivity contribution is -0.137. The first kappa shape index (κ1) is 18.0. The van der Waals surface area contributed by atoms with Crippen LogP contribution in [0.4, 0.5) is 13.2 Å². The fraction of sp³-hybridized carbons (Fsp3) is 0.412. The second kappa shape index (κ2) is 6.67. The summed E-state index contributed by atoms with van der Waals surface area (Å²) in [6.07, 6.45) is -2.83. The Bertz CT molecular complexity index is 735. The van der Waals surface area contributed by atoms with E-state index in [9.17, 15) is 18.0 Å². The number of carbonyl (C=O) groups is 1. The number of halogens is 3. The molecule has 130 valence electrons. The van der Waals surface area contributed by atoms with Gasteiger partial charge in [-0.3, -0.25) is 4.79 Å². The zero-order chi connectivity index (χ0) is 18.1. The third-order valence-electron chi connectivity index (χ3n) is 3.82. The predicted octanol–water partition coefficient (Wildman–Crippen LogP) is 4.03. The molecule has 1 N–H and O–H groups in total. The number of benzene rings is 1. The summed E-state index contributed by atoms with van der Waals surface area (Å²) in [4.78, 5) is 11.8. The van der Waals surface area contributed by atoms with E-state index in [1.54, 1.807) is 33.0 Å². The highest BCUT2D eigenvalue weighted by molar-refractivity contribution is 5.78. The van der Waals surface area contributed by atoms with Crippen molar-refractivity contribution in [2.75, 3.05) is 0 Å². The van der Waals surface area contributed by atoms with E-state index < -0.39 is 11.7 Å². The molecule has 2 rings (SSSR count). The molecule has 0 bridgehead atoms. The predicted molar refractivity (Wildman–Crippen MR) is 84.7 cm³/mol. The average molecular weight is 339 g/mol. The zero-order valence-corrected chi connectivity index (χ0v) is 14.0. The molecule has 0 aliphatic rings. The Morgan fingerprint density at radius 2 is 1.92 bits per heavy atom. The molecule has 1 aromatic carbocycles. The van der Waals surface area contributed by atoms with Gasteiger partial charge in [0.15, 0.2) is 0 Å². The molecule has 24 heavy (non-hydrogen) atoms. The Balaban J connectivity index is 2.32. The molecule has 2 aromatic rings. The van der Waals surface area contributed by atoms with Crippen molar-refractivity contribution in [1.82, 2.24) is 15.1 Å². The van der Waals surface area contributed by atoms with Crippen LogP contribution in [-0.2, 0) is 11.0 Å². The second-order valence-corrected chi connectivity index (χ2v) is 6.03. The minimum absolute atomic E-state index is 0.0891. The third kappa shape index (κ3) is 3.77. The van der Waals surface area contributed by atoms with E-state index in [-0.39, 0.29) is 17.9 Å². The van der Waals surface area contributed by atoms with Gasteiger partial charge in [0.1, 0.15) is 0 Å². The van der Waals surface area contributed by atoms with Crippen molar-refractivity contribution < 1.29 is 18.0 Å². The fourth-order valence-corrected chi connectivity index (χ4v) is 2.38. The van der Waals surface area contributed by atoms with Gasteiger partial charge in [0.25, 0.3) is 0 Å². The first-order valence-electron chi connectivity index (χ1n) is 7.63. The molecular weight excluding hydrogens is 319 g/mol. The van der Waals surface area contributed by atoms with Gasteiger partial charge in [-0.25, -0.2) is 4.68 Å². The van der Waals surface area contributed by atoms with Crippen LogP contribution in [0, 0.1) is 12.8 Å². The summed E-state index contributed by atoms with van der Waals surface area (Å²) in [5.41, 5.74) is 1.06. The van der Waals surface area contributed by atoms with Crippen LogP contribution in [0.2, 0.25) is 0 Å². The van der Waals surface area contributed by atoms with Crippen LogP contribution in [0.15, 0.2) is 30.5 Å². The molecule has 0 saturated heterocycles. The molecule has 1 atom stereocenters. The fourth-order valence-electron chi connectivity index (χ4n) is 2.38. The van der Waals surface area contributed by atoms with E-state index in [0.717, 1.165) is 17.7 Å². The normalized spacial score (nSPS) is 13.2. The molecule has 4 nitrogen and oxygen atoms in total. The summed E-state index contributed by atoms with van der Waals surface area (Å²) < 4.78 is 40.0. The second-order valence-electron chi connectivity index (χ2n) is 6.03. The van der Waals surface area contributed by atoms with E-state index in [0.29, 0.717) is 11.4 Å². The highest BCUT2D eigenvalue weighted by atomic mass is 19.4. The van der Waals surface area contributed by atoms with E-state index in [1.165, 1.54) is 10.7 Å². The highest BCUT2D eigenvalue weighted by Gasteiger charge is 2.30. The summed E-state index contributed by atoms with van der Waals surface area (Å²) >= 11 is 0. The van der Waals surface area contributed by atoms with Gasteiger partial charge in [-0.15, -0.1) is 0 Å². The number of nitrogens with zero attached hydrogens (tertiary/aromatic N) is 2. The van der Waals surface area contributed by atoms with Crippen molar-refractivity contribution in [1.29, 1.82) is 0 Å². The number of aromatic nitrogens is 2. The van der Waals surface area contributed by atoms with Crippen molar-refractivity contribution in [2.24, 2.45) is 5.92 Å². The van der Waals surface area contributed by atoms with Gasteiger partial charge >= 0.3 is 6.18 Å². The molecule has 1 heterocycles. The Hall–Kier alpha value is -2.31. The molecule has 7 heteroatoms. The summed E-state index contributed by atoms with van der Waals surface area (Å²) in [5.74, 6) is -0.236. The lowest BCUT2D eigenvalue weighted by Gasteiger charge is -2.16. The van der Waals surface area contributed by atoms with Crippen molar-refractivity contribution >= 4 is 5.91 Å². The van der Waals surface area contributed by atoms with Crippen molar-refractivity contribution in [3.63, 3.8) is 0 Å². The topological polar surface area (TPSA) is 46.9 Å². The molecule has 0 radical (unpaired) electrons. The quantitative estimate of drug-likeness (QED) is 0.914. The molecule has 0 spiro atoms. The summed E-state index contributed by atoms with van der Waals surface area (Å²) in [7, 11) is 0. The molecule has 0 aliphatic heterocycles. The Kier molecular flexibility index (Phi) is 5.01. The highest BCUT2D eigenvalue weighted by Crippen LogP contribution is 2.31. The van der Waals surface area contributed by atoms with Crippen LogP contribution in [0.3, 0.4) is 0 Å². The molecule has 0 saturated carbocycles. The lowest BCUT2D eigenvalue weighted by Crippen LogP contribution is -2.30. The standard InChI is InChI=1S/C17H20F3N3O/c1-10(2)16(24)22-11(3)15-9-21-23(12(15)4)14-7-5-6-13(8-14)17(18,19)20/h5-11H,1-4H3,(H,22,24)/t11-/m0/s1. The number of hydrogen-bond donors (Lipinski definition) is 1. The first-order valence-corrected chi connectivity index (χ1v) is 7.63. The lowest BCUT2D eigenvalue weighted by atomic mass is 10.1. The van der Waals surface area contributed by atoms with Gasteiger partial charge in [0.05, 0.1) is 23.5 Å². The van der Waals surface area contributed by atoms with Gasteiger partial charge in [0, 0.05) is 17.2 Å². The Labute approximate surface area is 138 Å². The number of rotatable bonds is 4. The number of alkyl halides is 3. The molecule has 0 unspecified atom stereocenters. The minimum Gasteiger partial charge on any atom is -0.349 e. The SMILES string of the molecule is Cc1c([C@H](C)NC(=O)C(C)C)cnn1-c1cccc(C(F)(F)F)c1. The maximum atomic E-state index is 12.9. The maximum absolute atomic E-state index is 12.9.